The van der Waals surface area contributed by atoms with E-state index in [1.165, 1.54) is 0 Å². The van der Waals surface area contributed by atoms with Crippen molar-refractivity contribution in [2.75, 3.05) is 26.2 Å². The quantitative estimate of drug-likeness (QED) is 0.483. The van der Waals surface area contributed by atoms with Crippen LogP contribution in [0, 0.1) is 0 Å². The fraction of sp³-hybridized carbons (Fsp3) is 0.889. The molecule has 25 heavy (non-hydrogen) atoms. The summed E-state index contributed by atoms with van der Waals surface area (Å²) in [5, 5.41) is 22.3. The number of aliphatic hydroxyl groups excluding tert-OH is 2. The lowest BCUT2D eigenvalue weighted by Crippen LogP contribution is -2.61. The van der Waals surface area contributed by atoms with Crippen molar-refractivity contribution in [3.05, 3.63) is 0 Å². The predicted octanol–water partition coefficient (Wildman–Crippen LogP) is 0.0998. The first-order valence-corrected chi connectivity index (χ1v) is 9.61. The largest absolute Gasteiger partial charge is 0.392 e. The normalized spacial score (nSPS) is 25.9. The Kier molecular flexibility index (Phi) is 7.65. The van der Waals surface area contributed by atoms with Gasteiger partial charge in [-0.05, 0) is 52.0 Å². The Bertz CT molecular complexity index is 458. The van der Waals surface area contributed by atoms with Crippen LogP contribution in [0.5, 0.6) is 0 Å². The summed E-state index contributed by atoms with van der Waals surface area (Å²) in [5.74, 6) is 0.0493. The molecule has 2 rings (SSSR count). The second-order valence-corrected chi connectivity index (χ2v) is 7.42. The van der Waals surface area contributed by atoms with Crippen LogP contribution in [0.25, 0.3) is 0 Å². The van der Waals surface area contributed by atoms with E-state index in [-0.39, 0.29) is 24.0 Å². The molecular weight excluding hydrogens is 322 g/mol. The Morgan fingerprint density at radius 2 is 2.04 bits per heavy atom. The van der Waals surface area contributed by atoms with Crippen LogP contribution in [0.2, 0.25) is 0 Å². The summed E-state index contributed by atoms with van der Waals surface area (Å²) < 4.78 is 0. The standard InChI is InChI=1S/C18H33N3O4/c1-3-14(23)12-20(11-13(2)22)9-5-4-7-15-18(25)21-10-6-8-16(21)17(24)19-15/h13-16,22-23H,3-12H2,1-2H3,(H,19,24). The molecule has 7 nitrogen and oxygen atoms in total. The first-order valence-electron chi connectivity index (χ1n) is 9.61. The highest BCUT2D eigenvalue weighted by atomic mass is 16.3. The van der Waals surface area contributed by atoms with Crippen LogP contribution in [0.1, 0.15) is 52.4 Å². The summed E-state index contributed by atoms with van der Waals surface area (Å²) in [6.07, 6.45) is 3.89. The van der Waals surface area contributed by atoms with Gasteiger partial charge < -0.3 is 20.4 Å². The van der Waals surface area contributed by atoms with E-state index in [1.807, 2.05) is 6.92 Å². The summed E-state index contributed by atoms with van der Waals surface area (Å²) in [5.41, 5.74) is 0. The molecule has 0 aliphatic carbocycles. The molecule has 4 atom stereocenters. The Hall–Kier alpha value is -1.18. The number of hydrogen-bond acceptors (Lipinski definition) is 5. The second-order valence-electron chi connectivity index (χ2n) is 7.42. The third-order valence-electron chi connectivity index (χ3n) is 5.13. The van der Waals surface area contributed by atoms with E-state index in [9.17, 15) is 19.8 Å². The highest BCUT2D eigenvalue weighted by Gasteiger charge is 2.42. The van der Waals surface area contributed by atoms with Gasteiger partial charge >= 0.3 is 0 Å². The summed E-state index contributed by atoms with van der Waals surface area (Å²) in [6.45, 7) is 6.23. The minimum Gasteiger partial charge on any atom is -0.392 e. The molecule has 4 unspecified atom stereocenters. The molecule has 2 saturated heterocycles. The van der Waals surface area contributed by atoms with Crippen molar-refractivity contribution in [1.29, 1.82) is 0 Å². The van der Waals surface area contributed by atoms with Gasteiger partial charge in [-0.25, -0.2) is 0 Å². The molecule has 3 N–H and O–H groups in total. The van der Waals surface area contributed by atoms with Crippen molar-refractivity contribution in [1.82, 2.24) is 15.1 Å². The zero-order valence-corrected chi connectivity index (χ0v) is 15.5. The third kappa shape index (κ3) is 5.66. The molecule has 0 radical (unpaired) electrons. The molecule has 0 aromatic rings. The Morgan fingerprint density at radius 3 is 2.72 bits per heavy atom. The van der Waals surface area contributed by atoms with Gasteiger partial charge in [0.15, 0.2) is 0 Å². The minimum atomic E-state index is -0.435. The fourth-order valence-corrected chi connectivity index (χ4v) is 3.77. The van der Waals surface area contributed by atoms with Gasteiger partial charge in [-0.15, -0.1) is 0 Å². The molecular formula is C18H33N3O4. The van der Waals surface area contributed by atoms with Gasteiger partial charge in [0, 0.05) is 19.6 Å². The van der Waals surface area contributed by atoms with Crippen LogP contribution in [0.15, 0.2) is 0 Å². The maximum atomic E-state index is 12.4. The molecule has 0 spiro atoms. The maximum Gasteiger partial charge on any atom is 0.245 e. The summed E-state index contributed by atoms with van der Waals surface area (Å²) in [7, 11) is 0. The molecule has 2 aliphatic heterocycles. The topological polar surface area (TPSA) is 93.1 Å². The number of carbonyl (C=O) groups excluding carboxylic acids is 2. The number of piperazine rings is 1. The molecule has 2 aliphatic rings. The van der Waals surface area contributed by atoms with Crippen LogP contribution in [0.3, 0.4) is 0 Å². The molecule has 2 heterocycles. The highest BCUT2D eigenvalue weighted by molar-refractivity contribution is 5.97. The number of amides is 2. The van der Waals surface area contributed by atoms with Crippen molar-refractivity contribution in [2.24, 2.45) is 0 Å². The number of unbranched alkanes of at least 4 members (excludes halogenated alkanes) is 1. The molecule has 0 saturated carbocycles. The van der Waals surface area contributed by atoms with Gasteiger partial charge in [0.25, 0.3) is 0 Å². The van der Waals surface area contributed by atoms with E-state index in [0.717, 1.165) is 32.2 Å². The van der Waals surface area contributed by atoms with Gasteiger partial charge in [-0.2, -0.15) is 0 Å². The SMILES string of the molecule is CCC(O)CN(CCCCC1NC(=O)C2CCCN2C1=O)CC(C)O. The van der Waals surface area contributed by atoms with E-state index >= 15 is 0 Å². The number of nitrogens with zero attached hydrogens (tertiary/aromatic N) is 2. The smallest absolute Gasteiger partial charge is 0.245 e. The Morgan fingerprint density at radius 1 is 1.28 bits per heavy atom. The molecule has 0 aromatic carbocycles. The van der Waals surface area contributed by atoms with Crippen LogP contribution in [-0.2, 0) is 9.59 Å². The summed E-state index contributed by atoms with van der Waals surface area (Å²) >= 11 is 0. The molecule has 2 fully saturated rings. The summed E-state index contributed by atoms with van der Waals surface area (Å²) in [6, 6.07) is -0.644. The maximum absolute atomic E-state index is 12.4. The van der Waals surface area contributed by atoms with Crippen molar-refractivity contribution in [3.63, 3.8) is 0 Å². The fourth-order valence-electron chi connectivity index (χ4n) is 3.77. The van der Waals surface area contributed by atoms with Crippen LogP contribution in [-0.4, -0.2) is 82.3 Å². The van der Waals surface area contributed by atoms with E-state index in [1.54, 1.807) is 11.8 Å². The number of fused-ring (bicyclic) bond motifs is 1. The molecule has 0 bridgehead atoms. The lowest BCUT2D eigenvalue weighted by molar-refractivity contribution is -0.147. The van der Waals surface area contributed by atoms with Gasteiger partial charge in [0.2, 0.25) is 11.8 Å². The van der Waals surface area contributed by atoms with E-state index < -0.39 is 12.1 Å². The summed E-state index contributed by atoms with van der Waals surface area (Å²) in [4.78, 5) is 28.3. The highest BCUT2D eigenvalue weighted by Crippen LogP contribution is 2.23. The average Bonchev–Trinajstić information content (AvgIpc) is 3.05. The van der Waals surface area contributed by atoms with E-state index in [4.69, 9.17) is 0 Å². The first kappa shape index (κ1) is 20.1. The van der Waals surface area contributed by atoms with Crippen molar-refractivity contribution < 1.29 is 19.8 Å². The number of nitrogens with one attached hydrogen (secondary N) is 1. The Balaban J connectivity index is 1.75. The third-order valence-corrected chi connectivity index (χ3v) is 5.13. The van der Waals surface area contributed by atoms with E-state index in [0.29, 0.717) is 32.5 Å². The lowest BCUT2D eigenvalue weighted by atomic mass is 10.0. The van der Waals surface area contributed by atoms with Gasteiger partial charge in [0.1, 0.15) is 12.1 Å². The van der Waals surface area contributed by atoms with Gasteiger partial charge in [-0.1, -0.05) is 6.92 Å². The van der Waals surface area contributed by atoms with Gasteiger partial charge in [-0.3, -0.25) is 14.5 Å². The van der Waals surface area contributed by atoms with Crippen molar-refractivity contribution in [3.8, 4) is 0 Å². The molecule has 2 amide bonds. The zero-order chi connectivity index (χ0) is 18.4. The number of carbonyl (C=O) groups is 2. The number of rotatable bonds is 10. The number of hydrogen-bond donors (Lipinski definition) is 3. The lowest BCUT2D eigenvalue weighted by Gasteiger charge is -2.34. The Labute approximate surface area is 150 Å². The molecule has 7 heteroatoms. The monoisotopic (exact) mass is 355 g/mol. The molecule has 0 aromatic heterocycles. The zero-order valence-electron chi connectivity index (χ0n) is 15.5. The van der Waals surface area contributed by atoms with Gasteiger partial charge in [0.05, 0.1) is 12.2 Å². The first-order chi connectivity index (χ1) is 11.9. The van der Waals surface area contributed by atoms with Crippen molar-refractivity contribution in [2.45, 2.75) is 76.7 Å². The van der Waals surface area contributed by atoms with Crippen LogP contribution in [0.4, 0.5) is 0 Å². The minimum absolute atomic E-state index is 0.0103. The van der Waals surface area contributed by atoms with E-state index in [2.05, 4.69) is 10.2 Å². The average molecular weight is 355 g/mol. The predicted molar refractivity (Wildman–Crippen MR) is 94.9 cm³/mol. The number of aliphatic hydroxyl groups is 2. The van der Waals surface area contributed by atoms with Crippen molar-refractivity contribution >= 4 is 11.8 Å². The van der Waals surface area contributed by atoms with Crippen LogP contribution < -0.4 is 5.32 Å². The molecule has 144 valence electrons. The second kappa shape index (κ2) is 9.50. The van der Waals surface area contributed by atoms with Crippen LogP contribution >= 0.6 is 0 Å².